The Morgan fingerprint density at radius 2 is 2.00 bits per heavy atom. The number of carboxylic acids is 1. The van der Waals surface area contributed by atoms with Gasteiger partial charge in [0.25, 0.3) is 0 Å². The molecule has 0 bridgehead atoms. The monoisotopic (exact) mass is 360 g/mol. The van der Waals surface area contributed by atoms with Gasteiger partial charge in [-0.1, -0.05) is 38.6 Å². The molecule has 1 amide bonds. The second kappa shape index (κ2) is 11.0. The van der Waals surface area contributed by atoms with Crippen LogP contribution in [-0.4, -0.2) is 50.1 Å². The van der Waals surface area contributed by atoms with Crippen LogP contribution in [0.15, 0.2) is 41.9 Å². The van der Waals surface area contributed by atoms with Gasteiger partial charge in [-0.05, 0) is 23.6 Å². The number of ether oxygens (including phenoxy) is 1. The fourth-order valence-corrected chi connectivity index (χ4v) is 2.21. The van der Waals surface area contributed by atoms with Gasteiger partial charge in [0.1, 0.15) is 24.4 Å². The summed E-state index contributed by atoms with van der Waals surface area (Å²) in [6, 6.07) is 5.48. The van der Waals surface area contributed by atoms with E-state index in [1.54, 1.807) is 32.1 Å². The first-order valence-electron chi connectivity index (χ1n) is 8.29. The summed E-state index contributed by atoms with van der Waals surface area (Å²) < 4.78 is 10.2. The smallest absolute Gasteiger partial charge is 0.326 e. The molecular formula is C18H25BN2O5. The van der Waals surface area contributed by atoms with E-state index in [1.807, 2.05) is 12.1 Å². The van der Waals surface area contributed by atoms with E-state index in [4.69, 9.17) is 9.39 Å². The van der Waals surface area contributed by atoms with Crippen molar-refractivity contribution in [2.24, 2.45) is 10.9 Å². The number of nitrogens with zero attached hydrogens (tertiary/aromatic N) is 1. The third-order valence-corrected chi connectivity index (χ3v) is 3.60. The van der Waals surface area contributed by atoms with Crippen LogP contribution in [-0.2, 0) is 20.7 Å². The van der Waals surface area contributed by atoms with Crippen molar-refractivity contribution < 1.29 is 24.1 Å². The summed E-state index contributed by atoms with van der Waals surface area (Å²) in [7, 11) is 1.43. The molecule has 1 aromatic carbocycles. The van der Waals surface area contributed by atoms with E-state index in [-0.39, 0.29) is 5.92 Å². The lowest BCUT2D eigenvalue weighted by Gasteiger charge is -2.20. The summed E-state index contributed by atoms with van der Waals surface area (Å²) in [5.74, 6) is -1.09. The maximum absolute atomic E-state index is 12.5. The Balaban J connectivity index is 2.85. The van der Waals surface area contributed by atoms with Gasteiger partial charge in [0.15, 0.2) is 6.40 Å². The molecule has 0 aliphatic carbocycles. The number of hydrogen-bond acceptors (Lipinski definition) is 5. The zero-order valence-corrected chi connectivity index (χ0v) is 15.3. The lowest BCUT2D eigenvalue weighted by atomic mass is 10.0. The molecule has 140 valence electrons. The predicted molar refractivity (Wildman–Crippen MR) is 102 cm³/mol. The summed E-state index contributed by atoms with van der Waals surface area (Å²) in [6.45, 7) is 7.46. The van der Waals surface area contributed by atoms with E-state index in [1.165, 1.54) is 14.4 Å². The van der Waals surface area contributed by atoms with Crippen molar-refractivity contribution in [2.45, 2.75) is 32.4 Å². The molecule has 2 atom stereocenters. The molecule has 0 saturated carbocycles. The second-order valence-electron chi connectivity index (χ2n) is 6.02. The average molecular weight is 360 g/mol. The molecule has 0 saturated heterocycles. The van der Waals surface area contributed by atoms with Crippen LogP contribution < -0.4 is 10.1 Å². The van der Waals surface area contributed by atoms with Crippen molar-refractivity contribution in [1.29, 1.82) is 0 Å². The quantitative estimate of drug-likeness (QED) is 0.265. The lowest BCUT2D eigenvalue weighted by molar-refractivity contribution is -0.143. The summed E-state index contributed by atoms with van der Waals surface area (Å²) in [4.78, 5) is 27.9. The van der Waals surface area contributed by atoms with E-state index in [9.17, 15) is 14.7 Å². The van der Waals surface area contributed by atoms with Crippen LogP contribution in [0.5, 0.6) is 5.75 Å². The van der Waals surface area contributed by atoms with Gasteiger partial charge in [0, 0.05) is 6.42 Å². The topological polar surface area (TPSA) is 97.2 Å². The molecule has 8 heteroatoms. The van der Waals surface area contributed by atoms with E-state index in [0.717, 1.165) is 5.56 Å². The molecule has 0 unspecified atom stereocenters. The first-order valence-corrected chi connectivity index (χ1v) is 8.29. The zero-order valence-electron chi connectivity index (χ0n) is 15.3. The van der Waals surface area contributed by atoms with Crippen molar-refractivity contribution in [2.75, 3.05) is 6.61 Å². The number of amides is 1. The maximum Gasteiger partial charge on any atom is 0.326 e. The first-order chi connectivity index (χ1) is 12.4. The Kier molecular flexibility index (Phi) is 8.98. The van der Waals surface area contributed by atoms with Gasteiger partial charge in [-0.3, -0.25) is 4.79 Å². The van der Waals surface area contributed by atoms with Gasteiger partial charge in [-0.25, -0.2) is 9.79 Å². The highest BCUT2D eigenvalue weighted by Crippen LogP contribution is 2.15. The zero-order chi connectivity index (χ0) is 19.5. The Morgan fingerprint density at radius 3 is 2.50 bits per heavy atom. The van der Waals surface area contributed by atoms with Gasteiger partial charge in [0.2, 0.25) is 5.91 Å². The highest BCUT2D eigenvalue weighted by atomic mass is 16.5. The molecule has 7 nitrogen and oxygen atoms in total. The van der Waals surface area contributed by atoms with Crippen LogP contribution in [0.1, 0.15) is 19.4 Å². The van der Waals surface area contributed by atoms with E-state index >= 15 is 0 Å². The number of rotatable bonds is 11. The van der Waals surface area contributed by atoms with Crippen LogP contribution >= 0.6 is 0 Å². The molecular weight excluding hydrogens is 335 g/mol. The number of carbonyl (C=O) groups excluding carboxylic acids is 1. The number of hydrogen-bond donors (Lipinski definition) is 2. The van der Waals surface area contributed by atoms with Gasteiger partial charge >= 0.3 is 14.0 Å². The third kappa shape index (κ3) is 7.00. The summed E-state index contributed by atoms with van der Waals surface area (Å²) in [6.07, 6.45) is 3.14. The largest absolute Gasteiger partial charge is 0.560 e. The number of aliphatic imine (C=N–C) groups is 1. The van der Waals surface area contributed by atoms with Crippen LogP contribution in [0.2, 0.25) is 0 Å². The third-order valence-electron chi connectivity index (χ3n) is 3.60. The molecule has 0 heterocycles. The second-order valence-corrected chi connectivity index (χ2v) is 6.02. The summed E-state index contributed by atoms with van der Waals surface area (Å²) in [5, 5.41) is 11.8. The fraction of sp³-hybridized carbons (Fsp3) is 0.389. The Hall–Kier alpha value is -2.77. The fourth-order valence-electron chi connectivity index (χ4n) is 2.21. The highest BCUT2D eigenvalue weighted by molar-refractivity contribution is 6.02. The van der Waals surface area contributed by atoms with E-state index < -0.39 is 24.0 Å². The highest BCUT2D eigenvalue weighted by Gasteiger charge is 2.27. The summed E-state index contributed by atoms with van der Waals surface area (Å²) in [5.41, 5.74) is 0.862. The Morgan fingerprint density at radius 1 is 1.35 bits per heavy atom. The normalized spacial score (nSPS) is 13.2. The standard InChI is InChI=1S/C18H25BN2O5/c1-4-9-25-14-7-5-13(6-8-14)10-15(20-11-26-19)17(22)21-16(12(2)3)18(23)24/h4-8,11-12,15-16H,1,9-10,19H2,2-3H3,(H,21,22)(H,23,24)/t15-,16-/m0/s1. The molecule has 0 spiro atoms. The van der Waals surface area contributed by atoms with Crippen molar-refractivity contribution >= 4 is 26.3 Å². The van der Waals surface area contributed by atoms with Gasteiger partial charge < -0.3 is 19.8 Å². The van der Waals surface area contributed by atoms with Gasteiger partial charge in [-0.15, -0.1) is 0 Å². The van der Waals surface area contributed by atoms with Gasteiger partial charge in [0.05, 0.1) is 0 Å². The van der Waals surface area contributed by atoms with Crippen LogP contribution in [0.3, 0.4) is 0 Å². The number of nitrogens with one attached hydrogen (secondary N) is 1. The van der Waals surface area contributed by atoms with Gasteiger partial charge in [-0.2, -0.15) is 0 Å². The average Bonchev–Trinajstić information content (AvgIpc) is 2.61. The Bertz CT molecular complexity index is 631. The molecule has 0 aromatic heterocycles. The van der Waals surface area contributed by atoms with Crippen molar-refractivity contribution in [3.05, 3.63) is 42.5 Å². The van der Waals surface area contributed by atoms with Crippen LogP contribution in [0.25, 0.3) is 0 Å². The van der Waals surface area contributed by atoms with Crippen molar-refractivity contribution in [1.82, 2.24) is 5.32 Å². The minimum Gasteiger partial charge on any atom is -0.560 e. The minimum absolute atomic E-state index is 0.246. The maximum atomic E-state index is 12.5. The van der Waals surface area contributed by atoms with Crippen LogP contribution in [0, 0.1) is 5.92 Å². The predicted octanol–water partition coefficient (Wildman–Crippen LogP) is 0.981. The number of aliphatic carboxylic acids is 1. The van der Waals surface area contributed by atoms with Crippen molar-refractivity contribution in [3.8, 4) is 5.75 Å². The molecule has 0 aliphatic rings. The van der Waals surface area contributed by atoms with E-state index in [0.29, 0.717) is 18.8 Å². The molecule has 0 radical (unpaired) electrons. The summed E-state index contributed by atoms with van der Waals surface area (Å²) >= 11 is 0. The van der Waals surface area contributed by atoms with Crippen LogP contribution in [0.4, 0.5) is 0 Å². The lowest BCUT2D eigenvalue weighted by Crippen LogP contribution is -2.48. The number of carboxylic acid groups (broad SMARTS) is 1. The molecule has 1 rings (SSSR count). The molecule has 0 fully saturated rings. The molecule has 26 heavy (non-hydrogen) atoms. The molecule has 1 aromatic rings. The minimum atomic E-state index is -1.08. The first kappa shape index (κ1) is 21.3. The van der Waals surface area contributed by atoms with Crippen molar-refractivity contribution in [3.63, 3.8) is 0 Å². The SMILES string of the molecule is BOC=N[C@@H](Cc1ccc(OCC=C)cc1)C(=O)N[C@H](C(=O)O)C(C)C. The number of benzene rings is 1. The molecule has 2 N–H and O–H groups in total. The van der Waals surface area contributed by atoms with E-state index in [2.05, 4.69) is 16.9 Å². The number of carbonyl (C=O) groups is 2. The Labute approximate surface area is 154 Å². The molecule has 0 aliphatic heterocycles.